The summed E-state index contributed by atoms with van der Waals surface area (Å²) >= 11 is 0. The van der Waals surface area contributed by atoms with E-state index in [1.165, 1.54) is 0 Å². The van der Waals surface area contributed by atoms with E-state index < -0.39 is 0 Å². The number of rotatable bonds is 4. The van der Waals surface area contributed by atoms with E-state index in [1.54, 1.807) is 11.2 Å². The number of hydrogen-bond acceptors (Lipinski definition) is 4. The zero-order valence-corrected chi connectivity index (χ0v) is 19.8. The Kier molecular flexibility index (Phi) is 5.41. The lowest BCUT2D eigenvalue weighted by molar-refractivity contribution is -0.132. The topological polar surface area (TPSA) is 78.4 Å². The number of nitrogens with zero attached hydrogens (tertiary/aromatic N) is 3. The van der Waals surface area contributed by atoms with E-state index in [-0.39, 0.29) is 17.5 Å². The summed E-state index contributed by atoms with van der Waals surface area (Å²) < 4.78 is 0. The molecule has 1 aliphatic rings. The van der Waals surface area contributed by atoms with Crippen LogP contribution in [0.4, 0.5) is 0 Å². The Morgan fingerprint density at radius 2 is 1.72 bits per heavy atom. The van der Waals surface area contributed by atoms with Gasteiger partial charge in [0, 0.05) is 46.5 Å². The molecule has 2 aromatic heterocycles. The summed E-state index contributed by atoms with van der Waals surface area (Å²) in [6.45, 7) is 1.83. The minimum Gasteiger partial charge on any atom is -0.321 e. The number of fused-ring (bicyclic) bond motifs is 2. The monoisotopic (exact) mass is 472 g/mol. The van der Waals surface area contributed by atoms with E-state index in [4.69, 9.17) is 5.10 Å². The number of aromatic nitrogens is 2. The summed E-state index contributed by atoms with van der Waals surface area (Å²) in [4.78, 5) is 34.3. The van der Waals surface area contributed by atoms with Gasteiger partial charge in [-0.1, -0.05) is 79.7 Å². The molecule has 0 spiro atoms. The minimum atomic E-state index is -0.347. The Balaban J connectivity index is 1.57. The molecular weight excluding hydrogens is 448 g/mol. The van der Waals surface area contributed by atoms with Gasteiger partial charge in [-0.15, -0.1) is 0 Å². The first-order valence-corrected chi connectivity index (χ1v) is 12.1. The second kappa shape index (κ2) is 8.89. The molecule has 6 heteroatoms. The third kappa shape index (κ3) is 3.58. The molecule has 1 atom stereocenters. The van der Waals surface area contributed by atoms with Gasteiger partial charge in [0.15, 0.2) is 0 Å². The maximum absolute atomic E-state index is 13.6. The number of hydrazone groups is 1. The molecule has 3 aromatic carbocycles. The quantitative estimate of drug-likeness (QED) is 0.357. The zero-order valence-electron chi connectivity index (χ0n) is 19.8. The normalized spacial score (nSPS) is 15.4. The molecule has 0 saturated heterocycles. The van der Waals surface area contributed by atoms with Crippen LogP contribution in [0.25, 0.3) is 32.9 Å². The lowest BCUT2D eigenvalue weighted by Crippen LogP contribution is -2.26. The van der Waals surface area contributed by atoms with Gasteiger partial charge in [0.2, 0.25) is 5.91 Å². The Labute approximate surface area is 207 Å². The van der Waals surface area contributed by atoms with Crippen molar-refractivity contribution in [1.29, 1.82) is 0 Å². The molecule has 1 aliphatic heterocycles. The van der Waals surface area contributed by atoms with Gasteiger partial charge in [0.25, 0.3) is 5.56 Å². The number of H-pyrrole nitrogens is 1. The maximum Gasteiger partial charge on any atom is 0.258 e. The Hall–Kier alpha value is -4.58. The van der Waals surface area contributed by atoms with Crippen LogP contribution in [0.5, 0.6) is 0 Å². The second-order valence-corrected chi connectivity index (χ2v) is 8.90. The molecule has 0 aliphatic carbocycles. The highest BCUT2D eigenvalue weighted by atomic mass is 16.2. The lowest BCUT2D eigenvalue weighted by atomic mass is 9.90. The lowest BCUT2D eigenvalue weighted by Gasteiger charge is -2.22. The van der Waals surface area contributed by atoms with Crippen LogP contribution in [0.2, 0.25) is 0 Å². The van der Waals surface area contributed by atoms with Crippen molar-refractivity contribution < 1.29 is 4.79 Å². The molecule has 0 radical (unpaired) electrons. The summed E-state index contributed by atoms with van der Waals surface area (Å²) in [5.41, 5.74) is 5.17. The smallest absolute Gasteiger partial charge is 0.258 e. The van der Waals surface area contributed by atoms with Crippen LogP contribution in [0, 0.1) is 0 Å². The standard InChI is InChI=1S/C30H24N4O2/c1-2-26(35)34-25(22-15-8-12-20-13-9-17-31-29(20)22)18-24(33-34)28-27(19-10-4-3-5-11-19)21-14-6-7-16-23(21)32-30(28)36/h3-17,25H,2,18H2,1H3,(H,32,36)/t25-/m1/s1. The number of amides is 1. The molecular formula is C30H24N4O2. The molecule has 0 saturated carbocycles. The molecule has 0 bridgehead atoms. The van der Waals surface area contributed by atoms with Crippen molar-refractivity contribution >= 4 is 33.4 Å². The van der Waals surface area contributed by atoms with E-state index in [1.807, 2.05) is 91.9 Å². The number of para-hydroxylation sites is 2. The fourth-order valence-electron chi connectivity index (χ4n) is 5.12. The first-order valence-electron chi connectivity index (χ1n) is 12.1. The third-order valence-corrected chi connectivity index (χ3v) is 6.76. The molecule has 1 N–H and O–H groups in total. The molecule has 5 aromatic rings. The average molecular weight is 473 g/mol. The van der Waals surface area contributed by atoms with Gasteiger partial charge < -0.3 is 4.98 Å². The van der Waals surface area contributed by atoms with Crippen LogP contribution in [0.1, 0.15) is 36.9 Å². The van der Waals surface area contributed by atoms with E-state index in [0.29, 0.717) is 24.1 Å². The van der Waals surface area contributed by atoms with Gasteiger partial charge in [-0.2, -0.15) is 5.10 Å². The second-order valence-electron chi connectivity index (χ2n) is 8.90. The summed E-state index contributed by atoms with van der Waals surface area (Å²) in [6.07, 6.45) is 2.49. The number of aromatic amines is 1. The Morgan fingerprint density at radius 1 is 0.944 bits per heavy atom. The van der Waals surface area contributed by atoms with Crippen molar-refractivity contribution in [3.8, 4) is 11.1 Å². The molecule has 0 fully saturated rings. The predicted octanol–water partition coefficient (Wildman–Crippen LogP) is 5.83. The molecule has 1 amide bonds. The number of carbonyl (C=O) groups is 1. The highest BCUT2D eigenvalue weighted by Gasteiger charge is 2.35. The van der Waals surface area contributed by atoms with E-state index in [9.17, 15) is 9.59 Å². The van der Waals surface area contributed by atoms with E-state index in [0.717, 1.165) is 38.5 Å². The summed E-state index contributed by atoms with van der Waals surface area (Å²) in [6, 6.07) is 27.2. The van der Waals surface area contributed by atoms with Crippen molar-refractivity contribution in [2.24, 2.45) is 5.10 Å². The number of nitrogens with one attached hydrogen (secondary N) is 1. The van der Waals surface area contributed by atoms with Crippen LogP contribution in [-0.4, -0.2) is 26.6 Å². The molecule has 36 heavy (non-hydrogen) atoms. The van der Waals surface area contributed by atoms with Crippen molar-refractivity contribution in [2.75, 3.05) is 0 Å². The van der Waals surface area contributed by atoms with Crippen LogP contribution in [0.15, 0.2) is 101 Å². The van der Waals surface area contributed by atoms with Gasteiger partial charge in [-0.05, 0) is 17.7 Å². The SMILES string of the molecule is CCC(=O)N1N=C(c2c(-c3ccccc3)c3ccccc3[nH]c2=O)C[C@@H]1c1cccc2cccnc12. The molecule has 6 nitrogen and oxygen atoms in total. The van der Waals surface area contributed by atoms with Crippen LogP contribution in [-0.2, 0) is 4.79 Å². The fraction of sp³-hybridized carbons (Fsp3) is 0.133. The van der Waals surface area contributed by atoms with Crippen LogP contribution < -0.4 is 5.56 Å². The number of pyridine rings is 2. The minimum absolute atomic E-state index is 0.0959. The van der Waals surface area contributed by atoms with Gasteiger partial charge in [-0.3, -0.25) is 14.6 Å². The van der Waals surface area contributed by atoms with Gasteiger partial charge in [0.1, 0.15) is 0 Å². The third-order valence-electron chi connectivity index (χ3n) is 6.76. The van der Waals surface area contributed by atoms with Crippen molar-refractivity contribution in [3.63, 3.8) is 0 Å². The van der Waals surface area contributed by atoms with Crippen molar-refractivity contribution in [1.82, 2.24) is 15.0 Å². The summed E-state index contributed by atoms with van der Waals surface area (Å²) in [5.74, 6) is -0.0959. The number of benzene rings is 3. The van der Waals surface area contributed by atoms with Crippen LogP contribution >= 0.6 is 0 Å². The van der Waals surface area contributed by atoms with Crippen molar-refractivity contribution in [3.05, 3.63) is 113 Å². The molecule has 3 heterocycles. The first kappa shape index (κ1) is 21.9. The molecule has 6 rings (SSSR count). The van der Waals surface area contributed by atoms with Gasteiger partial charge in [0.05, 0.1) is 22.8 Å². The predicted molar refractivity (Wildman–Crippen MR) is 143 cm³/mol. The van der Waals surface area contributed by atoms with Crippen LogP contribution in [0.3, 0.4) is 0 Å². The fourth-order valence-corrected chi connectivity index (χ4v) is 5.12. The van der Waals surface area contributed by atoms with E-state index >= 15 is 0 Å². The van der Waals surface area contributed by atoms with Crippen molar-refractivity contribution in [2.45, 2.75) is 25.8 Å². The highest BCUT2D eigenvalue weighted by molar-refractivity contribution is 6.13. The number of hydrogen-bond donors (Lipinski definition) is 1. The van der Waals surface area contributed by atoms with Gasteiger partial charge in [-0.25, -0.2) is 5.01 Å². The summed E-state index contributed by atoms with van der Waals surface area (Å²) in [7, 11) is 0. The molecule has 0 unspecified atom stereocenters. The van der Waals surface area contributed by atoms with E-state index in [2.05, 4.69) is 9.97 Å². The Morgan fingerprint density at radius 3 is 2.56 bits per heavy atom. The average Bonchev–Trinajstić information content (AvgIpc) is 3.36. The summed E-state index contributed by atoms with van der Waals surface area (Å²) in [5, 5.41) is 8.28. The number of carbonyl (C=O) groups excluding carboxylic acids is 1. The molecule has 176 valence electrons. The zero-order chi connectivity index (χ0) is 24.6. The van der Waals surface area contributed by atoms with Gasteiger partial charge >= 0.3 is 0 Å². The first-order chi connectivity index (χ1) is 17.7. The Bertz CT molecular complexity index is 1700. The highest BCUT2D eigenvalue weighted by Crippen LogP contribution is 2.38. The largest absolute Gasteiger partial charge is 0.321 e. The maximum atomic E-state index is 13.6.